The molecule has 0 aliphatic heterocycles. The van der Waals surface area contributed by atoms with Crippen molar-refractivity contribution in [1.82, 2.24) is 10.1 Å². The first-order valence-corrected chi connectivity index (χ1v) is 6.49. The summed E-state index contributed by atoms with van der Waals surface area (Å²) in [5, 5.41) is 13.5. The summed E-state index contributed by atoms with van der Waals surface area (Å²) in [6, 6.07) is 12.0. The molecule has 0 atom stereocenters. The lowest BCUT2D eigenvalue weighted by Crippen LogP contribution is -1.92. The summed E-state index contributed by atoms with van der Waals surface area (Å²) >= 11 is 0. The van der Waals surface area contributed by atoms with Crippen LogP contribution in [0.5, 0.6) is 5.75 Å². The number of phenolic OH excluding ortho intramolecular Hbond substituents is 1. The van der Waals surface area contributed by atoms with Gasteiger partial charge in [0.05, 0.1) is 0 Å². The number of phenols is 1. The maximum atomic E-state index is 13.7. The molecule has 106 valence electrons. The quantitative estimate of drug-likeness (QED) is 0.800. The second-order valence-corrected chi connectivity index (χ2v) is 4.82. The van der Waals surface area contributed by atoms with Gasteiger partial charge in [-0.05, 0) is 24.6 Å². The van der Waals surface area contributed by atoms with Gasteiger partial charge in [-0.3, -0.25) is 0 Å². The summed E-state index contributed by atoms with van der Waals surface area (Å²) in [5.74, 6) is -0.395. The third-order valence-electron chi connectivity index (χ3n) is 3.12. The van der Waals surface area contributed by atoms with E-state index < -0.39 is 5.82 Å². The van der Waals surface area contributed by atoms with Gasteiger partial charge in [-0.25, -0.2) is 4.39 Å². The molecule has 1 N–H and O–H groups in total. The van der Waals surface area contributed by atoms with E-state index in [1.807, 2.05) is 31.2 Å². The van der Waals surface area contributed by atoms with Crippen molar-refractivity contribution in [3.63, 3.8) is 0 Å². The zero-order valence-electron chi connectivity index (χ0n) is 11.4. The number of halogens is 1. The molecule has 0 aliphatic carbocycles. The van der Waals surface area contributed by atoms with Crippen LogP contribution in [-0.2, 0) is 6.42 Å². The second kappa shape index (κ2) is 5.36. The molecule has 21 heavy (non-hydrogen) atoms. The third kappa shape index (κ3) is 2.76. The average molecular weight is 284 g/mol. The minimum atomic E-state index is -0.597. The molecule has 0 unspecified atom stereocenters. The fourth-order valence-electron chi connectivity index (χ4n) is 2.16. The number of aromatic hydroxyl groups is 1. The zero-order chi connectivity index (χ0) is 14.8. The second-order valence-electron chi connectivity index (χ2n) is 4.82. The van der Waals surface area contributed by atoms with Crippen LogP contribution >= 0.6 is 0 Å². The van der Waals surface area contributed by atoms with Gasteiger partial charge in [-0.1, -0.05) is 41.1 Å². The first kappa shape index (κ1) is 13.3. The highest BCUT2D eigenvalue weighted by atomic mass is 19.1. The Morgan fingerprint density at radius 2 is 2.00 bits per heavy atom. The first-order chi connectivity index (χ1) is 10.1. The Hall–Kier alpha value is -2.69. The van der Waals surface area contributed by atoms with E-state index in [-0.39, 0.29) is 17.2 Å². The Kier molecular flexibility index (Phi) is 3.39. The highest BCUT2D eigenvalue weighted by Crippen LogP contribution is 2.30. The van der Waals surface area contributed by atoms with Crippen LogP contribution in [0.1, 0.15) is 17.0 Å². The predicted octanol–water partition coefficient (Wildman–Crippen LogP) is 3.48. The molecule has 0 saturated heterocycles. The van der Waals surface area contributed by atoms with Gasteiger partial charge in [0.1, 0.15) is 17.1 Å². The van der Waals surface area contributed by atoms with Gasteiger partial charge in [0.15, 0.2) is 5.82 Å². The molecule has 0 bridgehead atoms. The van der Waals surface area contributed by atoms with E-state index in [9.17, 15) is 9.50 Å². The van der Waals surface area contributed by atoms with E-state index in [1.165, 1.54) is 18.2 Å². The molecule has 2 aromatic carbocycles. The smallest absolute Gasteiger partial charge is 0.264 e. The molecule has 0 radical (unpaired) electrons. The maximum absolute atomic E-state index is 13.7. The van der Waals surface area contributed by atoms with Crippen molar-refractivity contribution in [2.75, 3.05) is 0 Å². The lowest BCUT2D eigenvalue weighted by atomic mass is 10.1. The lowest BCUT2D eigenvalue weighted by molar-refractivity contribution is 0.415. The van der Waals surface area contributed by atoms with Gasteiger partial charge in [0.25, 0.3) is 5.89 Å². The highest BCUT2D eigenvalue weighted by molar-refractivity contribution is 5.62. The number of rotatable bonds is 3. The fourth-order valence-corrected chi connectivity index (χ4v) is 2.16. The maximum Gasteiger partial charge on any atom is 0.264 e. The summed E-state index contributed by atoms with van der Waals surface area (Å²) in [5.41, 5.74) is 2.11. The standard InChI is InChI=1S/C16H13FN2O2/c1-10-4-2-5-11(8-10)9-14-18-16(21-19-14)15-12(17)6-3-7-13(15)20/h2-8,20H,9H2,1H3. The number of aromatic nitrogens is 2. The zero-order valence-corrected chi connectivity index (χ0v) is 11.4. The first-order valence-electron chi connectivity index (χ1n) is 6.49. The number of hydrogen-bond acceptors (Lipinski definition) is 4. The van der Waals surface area contributed by atoms with Crippen LogP contribution in [0, 0.1) is 12.7 Å². The number of nitrogens with zero attached hydrogens (tertiary/aromatic N) is 2. The summed E-state index contributed by atoms with van der Waals surface area (Å²) < 4.78 is 18.8. The normalized spacial score (nSPS) is 10.8. The van der Waals surface area contributed by atoms with Gasteiger partial charge < -0.3 is 9.63 Å². The van der Waals surface area contributed by atoms with E-state index in [0.717, 1.165) is 11.1 Å². The lowest BCUT2D eigenvalue weighted by Gasteiger charge is -2.00. The number of aryl methyl sites for hydroxylation is 1. The highest BCUT2D eigenvalue weighted by Gasteiger charge is 2.17. The van der Waals surface area contributed by atoms with Crippen LogP contribution in [-0.4, -0.2) is 15.2 Å². The molecule has 3 rings (SSSR count). The van der Waals surface area contributed by atoms with Crippen molar-refractivity contribution in [2.24, 2.45) is 0 Å². The average Bonchev–Trinajstić information content (AvgIpc) is 2.87. The van der Waals surface area contributed by atoms with Gasteiger partial charge in [-0.15, -0.1) is 0 Å². The number of hydrogen-bond donors (Lipinski definition) is 1. The molecule has 0 fully saturated rings. The van der Waals surface area contributed by atoms with Gasteiger partial charge >= 0.3 is 0 Å². The topological polar surface area (TPSA) is 59.2 Å². The SMILES string of the molecule is Cc1cccc(Cc2noc(-c3c(O)cccc3F)n2)c1. The van der Waals surface area contributed by atoms with Crippen molar-refractivity contribution < 1.29 is 14.0 Å². The van der Waals surface area contributed by atoms with Crippen LogP contribution in [0.15, 0.2) is 47.0 Å². The van der Waals surface area contributed by atoms with Crippen LogP contribution in [0.3, 0.4) is 0 Å². The Labute approximate surface area is 120 Å². The van der Waals surface area contributed by atoms with Crippen molar-refractivity contribution in [1.29, 1.82) is 0 Å². The Morgan fingerprint density at radius 1 is 1.19 bits per heavy atom. The summed E-state index contributed by atoms with van der Waals surface area (Å²) in [6.45, 7) is 2.00. The minimum absolute atomic E-state index is 0.0201. The van der Waals surface area contributed by atoms with E-state index in [2.05, 4.69) is 10.1 Å². The number of benzene rings is 2. The van der Waals surface area contributed by atoms with Gasteiger partial charge in [0.2, 0.25) is 0 Å². The molecule has 0 saturated carbocycles. The van der Waals surface area contributed by atoms with Crippen molar-refractivity contribution >= 4 is 0 Å². The van der Waals surface area contributed by atoms with Crippen molar-refractivity contribution in [2.45, 2.75) is 13.3 Å². The van der Waals surface area contributed by atoms with Crippen molar-refractivity contribution in [3.8, 4) is 17.2 Å². The molecule has 3 aromatic rings. The van der Waals surface area contributed by atoms with E-state index >= 15 is 0 Å². The van der Waals surface area contributed by atoms with Crippen LogP contribution < -0.4 is 0 Å². The van der Waals surface area contributed by atoms with Crippen LogP contribution in [0.4, 0.5) is 4.39 Å². The van der Waals surface area contributed by atoms with Crippen LogP contribution in [0.25, 0.3) is 11.5 Å². The van der Waals surface area contributed by atoms with E-state index in [0.29, 0.717) is 12.2 Å². The molecule has 0 amide bonds. The Morgan fingerprint density at radius 3 is 2.76 bits per heavy atom. The molecule has 0 spiro atoms. The van der Waals surface area contributed by atoms with Crippen molar-refractivity contribution in [3.05, 3.63) is 65.2 Å². The molecular weight excluding hydrogens is 271 g/mol. The Balaban J connectivity index is 1.90. The minimum Gasteiger partial charge on any atom is -0.507 e. The molecule has 4 nitrogen and oxygen atoms in total. The summed E-state index contributed by atoms with van der Waals surface area (Å²) in [6.07, 6.45) is 0.487. The molecule has 0 aliphatic rings. The third-order valence-corrected chi connectivity index (χ3v) is 3.12. The van der Waals surface area contributed by atoms with Gasteiger partial charge in [-0.2, -0.15) is 4.98 Å². The monoisotopic (exact) mass is 284 g/mol. The van der Waals surface area contributed by atoms with E-state index in [4.69, 9.17) is 4.52 Å². The Bertz CT molecular complexity index is 763. The van der Waals surface area contributed by atoms with Gasteiger partial charge in [0, 0.05) is 6.42 Å². The molecule has 1 aromatic heterocycles. The summed E-state index contributed by atoms with van der Waals surface area (Å²) in [7, 11) is 0. The van der Waals surface area contributed by atoms with E-state index in [1.54, 1.807) is 0 Å². The molecule has 1 heterocycles. The van der Waals surface area contributed by atoms with Crippen LogP contribution in [0.2, 0.25) is 0 Å². The molecular formula is C16H13FN2O2. The molecule has 5 heteroatoms. The summed E-state index contributed by atoms with van der Waals surface area (Å²) in [4.78, 5) is 4.15. The largest absolute Gasteiger partial charge is 0.507 e. The predicted molar refractivity (Wildman–Crippen MR) is 75.3 cm³/mol. The fraction of sp³-hybridized carbons (Fsp3) is 0.125.